The van der Waals surface area contributed by atoms with Gasteiger partial charge < -0.3 is 19.5 Å². The number of methoxy groups -OCH3 is 1. The number of rotatable bonds is 12. The molecule has 1 aliphatic heterocycles. The first-order chi connectivity index (χ1) is 15.6. The molecule has 3 rings (SSSR count). The lowest BCUT2D eigenvalue weighted by Crippen LogP contribution is -2.34. The van der Waals surface area contributed by atoms with E-state index in [1.165, 1.54) is 4.90 Å². The largest absolute Gasteiger partial charge is 0.495 e. The molecule has 0 saturated heterocycles. The number of hydrogen-bond donors (Lipinski definition) is 1. The molecule has 2 aromatic carbocycles. The van der Waals surface area contributed by atoms with E-state index < -0.39 is 0 Å². The average Bonchev–Trinajstić information content (AvgIpc) is 3.05. The van der Waals surface area contributed by atoms with Gasteiger partial charge in [-0.05, 0) is 49.6 Å². The fourth-order valence-electron chi connectivity index (χ4n) is 3.45. The summed E-state index contributed by atoms with van der Waals surface area (Å²) >= 11 is 0. The maximum atomic E-state index is 13.3. The number of ether oxygens (including phenoxy) is 3. The molecule has 170 valence electrons. The van der Waals surface area contributed by atoms with Gasteiger partial charge in [0.2, 0.25) is 0 Å². The van der Waals surface area contributed by atoms with Gasteiger partial charge in [0.15, 0.2) is 0 Å². The third-order valence-electron chi connectivity index (χ3n) is 5.03. The Labute approximate surface area is 189 Å². The van der Waals surface area contributed by atoms with Gasteiger partial charge in [-0.2, -0.15) is 0 Å². The fraction of sp³-hybridized carbons (Fsp3) is 0.360. The Kier molecular flexibility index (Phi) is 8.27. The van der Waals surface area contributed by atoms with Crippen LogP contribution in [0.3, 0.4) is 0 Å². The summed E-state index contributed by atoms with van der Waals surface area (Å²) in [5.74, 6) is 0.614. The van der Waals surface area contributed by atoms with Crippen LogP contribution in [0.15, 0.2) is 54.2 Å². The Balaban J connectivity index is 1.94. The minimum absolute atomic E-state index is 0.234. The number of carbonyl (C=O) groups is 2. The van der Waals surface area contributed by atoms with Crippen molar-refractivity contribution in [1.82, 2.24) is 4.90 Å². The number of nitrogens with zero attached hydrogens (tertiary/aromatic N) is 1. The average molecular weight is 439 g/mol. The molecule has 0 atom stereocenters. The Morgan fingerprint density at radius 3 is 2.38 bits per heavy atom. The third kappa shape index (κ3) is 5.29. The van der Waals surface area contributed by atoms with Crippen molar-refractivity contribution in [3.8, 4) is 11.5 Å². The molecule has 0 aromatic heterocycles. The molecular formula is C25H30N2O5. The van der Waals surface area contributed by atoms with E-state index in [2.05, 4.69) is 5.32 Å². The standard InChI is InChI=1S/C25H30N2O5/c1-4-16-32-19-13-11-18(12-14-19)22-23(26-20-9-6-7-10-21(20)30-3)25(29)27(24(22)28)15-8-17-31-5-2/h6-7,9-14,26H,4-5,8,15-17H2,1-3H3. The van der Waals surface area contributed by atoms with Crippen molar-refractivity contribution in [1.29, 1.82) is 0 Å². The molecule has 0 fully saturated rings. The van der Waals surface area contributed by atoms with Crippen LogP contribution in [0.5, 0.6) is 11.5 Å². The fourth-order valence-corrected chi connectivity index (χ4v) is 3.45. The highest BCUT2D eigenvalue weighted by atomic mass is 16.5. The molecule has 1 N–H and O–H groups in total. The Hall–Kier alpha value is -3.32. The molecule has 7 nitrogen and oxygen atoms in total. The molecule has 32 heavy (non-hydrogen) atoms. The van der Waals surface area contributed by atoms with Crippen molar-refractivity contribution in [2.75, 3.05) is 38.8 Å². The second-order valence-electron chi connectivity index (χ2n) is 7.26. The lowest BCUT2D eigenvalue weighted by Gasteiger charge is -2.15. The molecule has 2 amide bonds. The molecule has 0 aliphatic carbocycles. The maximum Gasteiger partial charge on any atom is 0.278 e. The molecule has 0 radical (unpaired) electrons. The predicted molar refractivity (Wildman–Crippen MR) is 124 cm³/mol. The van der Waals surface area contributed by atoms with E-state index in [-0.39, 0.29) is 24.1 Å². The van der Waals surface area contributed by atoms with E-state index in [0.29, 0.717) is 48.8 Å². The van der Waals surface area contributed by atoms with E-state index >= 15 is 0 Å². The predicted octanol–water partition coefficient (Wildman–Crippen LogP) is 4.10. The number of para-hydroxylation sites is 2. The number of carbonyl (C=O) groups excluding carboxylic acids is 2. The van der Waals surface area contributed by atoms with Crippen LogP contribution >= 0.6 is 0 Å². The highest BCUT2D eigenvalue weighted by Crippen LogP contribution is 2.33. The molecular weight excluding hydrogens is 408 g/mol. The summed E-state index contributed by atoms with van der Waals surface area (Å²) in [6.07, 6.45) is 1.48. The SMILES string of the molecule is CCCOc1ccc(C2=C(Nc3ccccc3OC)C(=O)N(CCCOCC)C2=O)cc1. The van der Waals surface area contributed by atoms with Gasteiger partial charge >= 0.3 is 0 Å². The van der Waals surface area contributed by atoms with Gasteiger partial charge in [-0.1, -0.05) is 31.2 Å². The lowest BCUT2D eigenvalue weighted by molar-refractivity contribution is -0.137. The van der Waals surface area contributed by atoms with Gasteiger partial charge in [0.1, 0.15) is 17.2 Å². The summed E-state index contributed by atoms with van der Waals surface area (Å²) in [7, 11) is 1.56. The quantitative estimate of drug-likeness (QED) is 0.397. The number of amides is 2. The van der Waals surface area contributed by atoms with Gasteiger partial charge in [0.25, 0.3) is 11.8 Å². The van der Waals surface area contributed by atoms with Crippen molar-refractivity contribution in [2.24, 2.45) is 0 Å². The topological polar surface area (TPSA) is 77.1 Å². The van der Waals surface area contributed by atoms with Crippen molar-refractivity contribution >= 4 is 23.1 Å². The van der Waals surface area contributed by atoms with Crippen LogP contribution in [-0.4, -0.2) is 50.2 Å². The van der Waals surface area contributed by atoms with Gasteiger partial charge in [-0.15, -0.1) is 0 Å². The molecule has 0 bridgehead atoms. The van der Waals surface area contributed by atoms with E-state index in [1.807, 2.05) is 38.1 Å². The number of benzene rings is 2. The summed E-state index contributed by atoms with van der Waals surface area (Å²) in [6.45, 7) is 5.94. The monoisotopic (exact) mass is 438 g/mol. The number of imide groups is 1. The van der Waals surface area contributed by atoms with Crippen LogP contribution in [-0.2, 0) is 14.3 Å². The van der Waals surface area contributed by atoms with Crippen LogP contribution < -0.4 is 14.8 Å². The Bertz CT molecular complexity index is 969. The lowest BCUT2D eigenvalue weighted by atomic mass is 10.0. The first-order valence-electron chi connectivity index (χ1n) is 10.9. The molecule has 2 aromatic rings. The number of nitrogens with one attached hydrogen (secondary N) is 1. The zero-order valence-electron chi connectivity index (χ0n) is 18.8. The number of anilines is 1. The summed E-state index contributed by atoms with van der Waals surface area (Å²) < 4.78 is 16.4. The first kappa shape index (κ1) is 23.3. The second kappa shape index (κ2) is 11.3. The van der Waals surface area contributed by atoms with Gasteiger partial charge in [0.05, 0.1) is 25.0 Å². The summed E-state index contributed by atoms with van der Waals surface area (Å²) in [5.41, 5.74) is 1.83. The van der Waals surface area contributed by atoms with Crippen molar-refractivity contribution < 1.29 is 23.8 Å². The minimum Gasteiger partial charge on any atom is -0.495 e. The normalized spacial score (nSPS) is 13.7. The summed E-state index contributed by atoms with van der Waals surface area (Å²) in [6, 6.07) is 14.5. The summed E-state index contributed by atoms with van der Waals surface area (Å²) in [4.78, 5) is 27.8. The first-order valence-corrected chi connectivity index (χ1v) is 10.9. The minimum atomic E-state index is -0.362. The van der Waals surface area contributed by atoms with E-state index in [9.17, 15) is 9.59 Å². The zero-order chi connectivity index (χ0) is 22.9. The molecule has 1 heterocycles. The summed E-state index contributed by atoms with van der Waals surface area (Å²) in [5, 5.41) is 3.15. The van der Waals surface area contributed by atoms with Crippen LogP contribution in [0.25, 0.3) is 5.57 Å². The maximum absolute atomic E-state index is 13.3. The van der Waals surface area contributed by atoms with E-state index in [4.69, 9.17) is 14.2 Å². The van der Waals surface area contributed by atoms with Crippen molar-refractivity contribution in [3.05, 3.63) is 59.8 Å². The second-order valence-corrected chi connectivity index (χ2v) is 7.26. The highest BCUT2D eigenvalue weighted by molar-refractivity contribution is 6.36. The van der Waals surface area contributed by atoms with Crippen LogP contribution in [0, 0.1) is 0 Å². The van der Waals surface area contributed by atoms with Crippen LogP contribution in [0.4, 0.5) is 5.69 Å². The molecule has 1 aliphatic rings. The van der Waals surface area contributed by atoms with Crippen molar-refractivity contribution in [3.63, 3.8) is 0 Å². The molecule has 0 spiro atoms. The third-order valence-corrected chi connectivity index (χ3v) is 5.03. The van der Waals surface area contributed by atoms with E-state index in [1.54, 1.807) is 31.4 Å². The van der Waals surface area contributed by atoms with Gasteiger partial charge in [-0.3, -0.25) is 14.5 Å². The Morgan fingerprint density at radius 2 is 1.69 bits per heavy atom. The molecule has 7 heteroatoms. The van der Waals surface area contributed by atoms with Gasteiger partial charge in [0, 0.05) is 19.8 Å². The number of hydrogen-bond acceptors (Lipinski definition) is 6. The van der Waals surface area contributed by atoms with Crippen LogP contribution in [0.1, 0.15) is 32.3 Å². The molecule has 0 unspecified atom stereocenters. The zero-order valence-corrected chi connectivity index (χ0v) is 18.8. The molecule has 0 saturated carbocycles. The van der Waals surface area contributed by atoms with Crippen LogP contribution in [0.2, 0.25) is 0 Å². The van der Waals surface area contributed by atoms with Crippen molar-refractivity contribution in [2.45, 2.75) is 26.7 Å². The smallest absolute Gasteiger partial charge is 0.278 e. The van der Waals surface area contributed by atoms with E-state index in [0.717, 1.165) is 12.2 Å². The van der Waals surface area contributed by atoms with Gasteiger partial charge in [-0.25, -0.2) is 0 Å². The highest BCUT2D eigenvalue weighted by Gasteiger charge is 2.39. The Morgan fingerprint density at radius 1 is 0.938 bits per heavy atom.